The number of hydrogen-bond acceptors (Lipinski definition) is 16. The van der Waals surface area contributed by atoms with E-state index in [0.29, 0.717) is 6.42 Å². The van der Waals surface area contributed by atoms with Gasteiger partial charge in [0.25, 0.3) is 5.09 Å². The maximum atomic E-state index is 14.1. The Morgan fingerprint density at radius 2 is 1.49 bits per heavy atom. The van der Waals surface area contributed by atoms with Crippen molar-refractivity contribution in [3.8, 4) is 0 Å². The van der Waals surface area contributed by atoms with Crippen molar-refractivity contribution in [1.82, 2.24) is 4.90 Å². The van der Waals surface area contributed by atoms with Crippen molar-refractivity contribution in [3.05, 3.63) is 10.1 Å². The van der Waals surface area contributed by atoms with E-state index in [9.17, 15) is 35.1 Å². The topological polar surface area (TPSA) is 257 Å². The second kappa shape index (κ2) is 19.6. The minimum atomic E-state index is -1.99. The third kappa shape index (κ3) is 11.7. The van der Waals surface area contributed by atoms with Crippen LogP contribution in [0.15, 0.2) is 0 Å². The number of ketones is 1. The van der Waals surface area contributed by atoms with E-state index >= 15 is 0 Å². The van der Waals surface area contributed by atoms with Gasteiger partial charge in [-0.2, -0.15) is 0 Å². The zero-order valence-corrected chi connectivity index (χ0v) is 34.6. The molecule has 0 saturated carbocycles. The van der Waals surface area contributed by atoms with Crippen molar-refractivity contribution in [3.63, 3.8) is 0 Å². The number of aliphatic hydroxyl groups excluding tert-OH is 3. The molecule has 0 aliphatic carbocycles. The molecule has 3 rings (SSSR count). The Morgan fingerprint density at radius 3 is 2.00 bits per heavy atom. The molecule has 0 amide bonds. The highest BCUT2D eigenvalue weighted by atomic mass is 16.9. The van der Waals surface area contributed by atoms with Gasteiger partial charge < -0.3 is 64.1 Å². The average Bonchev–Trinajstić information content (AvgIpc) is 3.08. The van der Waals surface area contributed by atoms with Crippen LogP contribution in [0, 0.1) is 33.8 Å². The summed E-state index contributed by atoms with van der Waals surface area (Å²) in [5.74, 6) is -4.98. The number of carbonyl (C=O) groups is 2. The second-order valence-electron chi connectivity index (χ2n) is 16.7. The molecule has 3 fully saturated rings. The lowest BCUT2D eigenvalue weighted by molar-refractivity contribution is -0.742. The Bertz CT molecular complexity index is 1270. The first kappa shape index (κ1) is 49.0. The van der Waals surface area contributed by atoms with Crippen molar-refractivity contribution in [2.24, 2.45) is 23.7 Å². The molecule has 3 heterocycles. The third-order valence-electron chi connectivity index (χ3n) is 11.8. The van der Waals surface area contributed by atoms with Crippen molar-refractivity contribution in [2.45, 2.75) is 179 Å². The van der Waals surface area contributed by atoms with Gasteiger partial charge in [0.05, 0.1) is 47.6 Å². The predicted octanol–water partition coefficient (Wildman–Crippen LogP) is 1.44. The number of hydrogen-bond donors (Lipinski definition) is 6. The summed E-state index contributed by atoms with van der Waals surface area (Å²) in [4.78, 5) is 38.1. The Labute approximate surface area is 324 Å². The summed E-state index contributed by atoms with van der Waals surface area (Å²) in [6, 6.07) is -0.324. The average molecular weight is 797 g/mol. The molecule has 18 heteroatoms. The largest absolute Gasteiger partial charge is 0.459 e. The van der Waals surface area contributed by atoms with Gasteiger partial charge in [-0.3, -0.25) is 9.59 Å². The van der Waals surface area contributed by atoms with Crippen LogP contribution >= 0.6 is 0 Å². The van der Waals surface area contributed by atoms with Crippen molar-refractivity contribution in [2.75, 3.05) is 21.2 Å². The van der Waals surface area contributed by atoms with Crippen LogP contribution in [0.2, 0.25) is 0 Å². The monoisotopic (exact) mass is 796 g/mol. The molecule has 18 atom stereocenters. The summed E-state index contributed by atoms with van der Waals surface area (Å²) < 4.78 is 37.1. The zero-order chi connectivity index (χ0) is 42.5. The highest BCUT2D eigenvalue weighted by Gasteiger charge is 2.53. The molecule has 0 unspecified atom stereocenters. The van der Waals surface area contributed by atoms with Gasteiger partial charge in [0.1, 0.15) is 29.7 Å². The molecule has 0 bridgehead atoms. The van der Waals surface area contributed by atoms with Crippen molar-refractivity contribution >= 4 is 11.8 Å². The minimum absolute atomic E-state index is 0.0936. The molecular weight excluding hydrogens is 728 g/mol. The molecule has 6 N–H and O–H groups in total. The van der Waals surface area contributed by atoms with Gasteiger partial charge in [-0.05, 0) is 74.9 Å². The molecule has 0 aromatic carbocycles. The normalized spacial score (nSPS) is 46.6. The van der Waals surface area contributed by atoms with Gasteiger partial charge in [0, 0.05) is 37.3 Å². The van der Waals surface area contributed by atoms with Crippen LogP contribution in [-0.2, 0) is 38.0 Å². The van der Waals surface area contributed by atoms with Crippen LogP contribution in [0.3, 0.4) is 0 Å². The molecule has 322 valence electrons. The number of ether oxygens (including phenoxy) is 6. The number of rotatable bonds is 7. The van der Waals surface area contributed by atoms with Crippen molar-refractivity contribution in [1.29, 1.82) is 0 Å². The summed E-state index contributed by atoms with van der Waals surface area (Å²) in [5, 5.41) is 71.2. The summed E-state index contributed by atoms with van der Waals surface area (Å²) >= 11 is 0. The van der Waals surface area contributed by atoms with Crippen LogP contribution in [0.25, 0.3) is 0 Å². The Kier molecular flexibility index (Phi) is 17.4. The number of cyclic esters (lactones) is 1. The highest BCUT2D eigenvalue weighted by molar-refractivity contribution is 5.83. The molecule has 3 aliphatic rings. The van der Waals surface area contributed by atoms with Crippen LogP contribution < -0.4 is 0 Å². The highest BCUT2D eigenvalue weighted by Crippen LogP contribution is 2.40. The van der Waals surface area contributed by atoms with E-state index in [0.717, 1.165) is 0 Å². The van der Waals surface area contributed by atoms with E-state index in [1.807, 2.05) is 25.9 Å². The number of carbonyl (C=O) groups excluding carboxylic acids is 2. The van der Waals surface area contributed by atoms with Crippen LogP contribution in [-0.4, -0.2) is 158 Å². The van der Waals surface area contributed by atoms with Gasteiger partial charge in [0.2, 0.25) is 0 Å². The van der Waals surface area contributed by atoms with E-state index in [2.05, 4.69) is 0 Å². The quantitative estimate of drug-likeness (QED) is 0.121. The van der Waals surface area contributed by atoms with Crippen LogP contribution in [0.4, 0.5) is 0 Å². The van der Waals surface area contributed by atoms with E-state index in [1.54, 1.807) is 41.5 Å². The molecular formula is C37H68N2O16. The maximum absolute atomic E-state index is 14.1. The SMILES string of the molecule is CC[C@H]1OC(=O)[C@H](C)[C@@H](O[C@H]2C[C@@](C)(OC)[C@@H](O)[C@H](C)O2)[C@@H](C)[C@@H](O[C@@H]2O[C@H](C)C[C@H](N(C)C)[C@H]2O)[C@](C)(O)C[C@@H](C)C(=O)[C@H](C)[C@H](O)[C@]1(C)O.O=[N+]([O-])O. The maximum Gasteiger partial charge on any atom is 0.311 e. The number of Topliss-reactive ketones (excluding diaryl/α,β-unsaturated/α-hetero) is 1. The van der Waals surface area contributed by atoms with Gasteiger partial charge in [-0.1, -0.05) is 27.7 Å². The lowest BCUT2D eigenvalue weighted by atomic mass is 9.74. The molecule has 55 heavy (non-hydrogen) atoms. The minimum Gasteiger partial charge on any atom is -0.459 e. The first-order valence-electron chi connectivity index (χ1n) is 19.1. The van der Waals surface area contributed by atoms with E-state index in [-0.39, 0.29) is 31.4 Å². The number of methoxy groups -OCH3 is 1. The molecule has 18 nitrogen and oxygen atoms in total. The summed E-state index contributed by atoms with van der Waals surface area (Å²) in [6.45, 7) is 16.3. The molecule has 0 spiro atoms. The number of aliphatic hydroxyl groups is 5. The lowest BCUT2D eigenvalue weighted by Crippen LogP contribution is -2.61. The lowest BCUT2D eigenvalue weighted by Gasteiger charge is -2.49. The fourth-order valence-corrected chi connectivity index (χ4v) is 8.41. The summed E-state index contributed by atoms with van der Waals surface area (Å²) in [6.07, 6.45) is -9.71. The van der Waals surface area contributed by atoms with Gasteiger partial charge in [-0.15, -0.1) is 10.1 Å². The fraction of sp³-hybridized carbons (Fsp3) is 0.946. The molecule has 0 radical (unpaired) electrons. The first-order chi connectivity index (χ1) is 25.2. The van der Waals surface area contributed by atoms with Crippen LogP contribution in [0.1, 0.15) is 94.9 Å². The molecule has 0 aromatic rings. The Balaban J connectivity index is 0.00000248. The zero-order valence-electron chi connectivity index (χ0n) is 34.6. The first-order valence-corrected chi connectivity index (χ1v) is 19.1. The van der Waals surface area contributed by atoms with E-state index < -0.39 is 113 Å². The Morgan fingerprint density at radius 1 is 0.927 bits per heavy atom. The number of esters is 1. The summed E-state index contributed by atoms with van der Waals surface area (Å²) in [5.41, 5.74) is -4.84. The third-order valence-corrected chi connectivity index (χ3v) is 11.8. The van der Waals surface area contributed by atoms with Crippen molar-refractivity contribution < 1.29 is 73.8 Å². The standard InChI is InChI=1S/C37H67NO13.HNO3/c1-14-25-37(10,45)30(41)20(4)27(39)18(2)16-35(8,44)32(51-34-28(40)24(38(11)12)15-19(3)47-34)21(5)29(22(6)33(43)49-25)50-26-17-36(9,46-13)31(42)23(7)48-26;2-1(3)4/h18-26,28-32,34,40-42,44-45H,14-17H2,1-13H3;(H,2,3,4)/t18-,19-,20+,21-,22-,23+,24+,25-,26+,28-,29+,30+,31+,32-,34+,35-,36-,37-;/m1./s1. The van der Waals surface area contributed by atoms with Gasteiger partial charge in [0.15, 0.2) is 12.6 Å². The molecule has 0 aromatic heterocycles. The second-order valence-corrected chi connectivity index (χ2v) is 16.7. The molecule has 3 saturated heterocycles. The van der Waals surface area contributed by atoms with Crippen LogP contribution in [0.5, 0.6) is 0 Å². The smallest absolute Gasteiger partial charge is 0.311 e. The summed E-state index contributed by atoms with van der Waals surface area (Å²) in [7, 11) is 5.18. The van der Waals surface area contributed by atoms with Gasteiger partial charge >= 0.3 is 5.97 Å². The number of likely N-dealkylation sites (N-methyl/N-ethyl adjacent to an activating group) is 1. The van der Waals surface area contributed by atoms with E-state index in [4.69, 9.17) is 43.7 Å². The number of nitrogens with zero attached hydrogens (tertiary/aromatic N) is 2. The predicted molar refractivity (Wildman–Crippen MR) is 195 cm³/mol. The fourth-order valence-electron chi connectivity index (χ4n) is 8.41. The molecule has 3 aliphatic heterocycles. The van der Waals surface area contributed by atoms with E-state index in [1.165, 1.54) is 27.9 Å². The van der Waals surface area contributed by atoms with Gasteiger partial charge in [-0.25, -0.2) is 0 Å². The Hall–Kier alpha value is -2.10.